The van der Waals surface area contributed by atoms with Crippen molar-refractivity contribution in [2.75, 3.05) is 6.54 Å². The van der Waals surface area contributed by atoms with Gasteiger partial charge in [0.25, 0.3) is 0 Å². The van der Waals surface area contributed by atoms with Gasteiger partial charge < -0.3 is 10.6 Å². The Morgan fingerprint density at radius 3 is 2.82 bits per heavy atom. The highest BCUT2D eigenvalue weighted by Crippen LogP contribution is 2.05. The molecule has 1 unspecified atom stereocenters. The Morgan fingerprint density at radius 1 is 1.45 bits per heavy atom. The summed E-state index contributed by atoms with van der Waals surface area (Å²) in [6.07, 6.45) is 6.78. The number of hydrogen-bond donors (Lipinski definition) is 2. The molecule has 0 spiro atoms. The van der Waals surface area contributed by atoms with Crippen LogP contribution in [0.4, 0.5) is 0 Å². The predicted octanol–water partition coefficient (Wildman–Crippen LogP) is 1.27. The second-order valence-corrected chi connectivity index (χ2v) is 5.19. The van der Waals surface area contributed by atoms with Gasteiger partial charge >= 0.3 is 0 Å². The zero-order valence-corrected chi connectivity index (χ0v) is 12.7. The van der Waals surface area contributed by atoms with Crippen molar-refractivity contribution in [2.24, 2.45) is 5.92 Å². The Morgan fingerprint density at radius 2 is 2.23 bits per heavy atom. The second kappa shape index (κ2) is 9.29. The van der Waals surface area contributed by atoms with Crippen LogP contribution in [0, 0.1) is 17.2 Å². The maximum absolute atomic E-state index is 11.9. The standard InChI is InChI=1S/C16H20N4O2/c1-12(2)10-14(16(22)19-9-7-17)20-15(21)6-5-13-4-3-8-18-11-13/h3-6,8,11-12,14H,9-10H2,1-2H3,(H,19,22)(H,20,21)/b6-5+. The lowest BCUT2D eigenvalue weighted by Gasteiger charge is -2.18. The summed E-state index contributed by atoms with van der Waals surface area (Å²) in [6, 6.07) is 4.78. The Hall–Kier alpha value is -2.68. The fourth-order valence-electron chi connectivity index (χ4n) is 1.82. The normalized spacial score (nSPS) is 11.9. The first-order valence-corrected chi connectivity index (χ1v) is 7.06. The third-order valence-corrected chi connectivity index (χ3v) is 2.79. The Kier molecular flexibility index (Phi) is 7.34. The van der Waals surface area contributed by atoms with Crippen molar-refractivity contribution < 1.29 is 9.59 Å². The van der Waals surface area contributed by atoms with E-state index in [4.69, 9.17) is 5.26 Å². The molecule has 0 bridgehead atoms. The molecule has 0 saturated carbocycles. The van der Waals surface area contributed by atoms with Gasteiger partial charge in [0.2, 0.25) is 11.8 Å². The lowest BCUT2D eigenvalue weighted by atomic mass is 10.0. The van der Waals surface area contributed by atoms with E-state index in [-0.39, 0.29) is 24.3 Å². The lowest BCUT2D eigenvalue weighted by Crippen LogP contribution is -2.47. The van der Waals surface area contributed by atoms with Crippen LogP contribution in [0.15, 0.2) is 30.6 Å². The molecule has 0 saturated heterocycles. The van der Waals surface area contributed by atoms with Crippen molar-refractivity contribution in [3.63, 3.8) is 0 Å². The SMILES string of the molecule is CC(C)CC(NC(=O)/C=C/c1cccnc1)C(=O)NCC#N. The minimum absolute atomic E-state index is 0.0746. The first-order valence-electron chi connectivity index (χ1n) is 7.06. The number of carbonyl (C=O) groups excluding carboxylic acids is 2. The molecule has 1 atom stereocenters. The van der Waals surface area contributed by atoms with Crippen LogP contribution in [0.25, 0.3) is 6.08 Å². The van der Waals surface area contributed by atoms with Crippen molar-refractivity contribution in [3.8, 4) is 6.07 Å². The molecule has 116 valence electrons. The fourth-order valence-corrected chi connectivity index (χ4v) is 1.82. The van der Waals surface area contributed by atoms with Crippen LogP contribution in [0.3, 0.4) is 0 Å². The van der Waals surface area contributed by atoms with Gasteiger partial charge in [0, 0.05) is 18.5 Å². The van der Waals surface area contributed by atoms with E-state index in [2.05, 4.69) is 15.6 Å². The van der Waals surface area contributed by atoms with Crippen LogP contribution >= 0.6 is 0 Å². The summed E-state index contributed by atoms with van der Waals surface area (Å²) >= 11 is 0. The quantitative estimate of drug-likeness (QED) is 0.585. The summed E-state index contributed by atoms with van der Waals surface area (Å²) in [6.45, 7) is 3.85. The number of aromatic nitrogens is 1. The predicted molar refractivity (Wildman–Crippen MR) is 83.3 cm³/mol. The summed E-state index contributed by atoms with van der Waals surface area (Å²) in [5.74, 6) is -0.472. The van der Waals surface area contributed by atoms with Gasteiger partial charge in [0.15, 0.2) is 0 Å². The molecule has 0 aromatic carbocycles. The topological polar surface area (TPSA) is 94.9 Å². The minimum atomic E-state index is -0.653. The number of nitrogens with one attached hydrogen (secondary N) is 2. The lowest BCUT2D eigenvalue weighted by molar-refractivity contribution is -0.127. The van der Waals surface area contributed by atoms with Gasteiger partial charge in [-0.15, -0.1) is 0 Å². The molecule has 1 aromatic heterocycles. The summed E-state index contributed by atoms with van der Waals surface area (Å²) in [7, 11) is 0. The second-order valence-electron chi connectivity index (χ2n) is 5.19. The van der Waals surface area contributed by atoms with Crippen molar-refractivity contribution >= 4 is 17.9 Å². The summed E-state index contributed by atoms with van der Waals surface area (Å²) in [5.41, 5.74) is 0.798. The first-order chi connectivity index (χ1) is 10.5. The molecule has 1 rings (SSSR count). The fraction of sp³-hybridized carbons (Fsp3) is 0.375. The third kappa shape index (κ3) is 6.66. The van der Waals surface area contributed by atoms with Crippen LogP contribution in [0.1, 0.15) is 25.8 Å². The molecule has 0 aliphatic rings. The first kappa shape index (κ1) is 17.4. The molecule has 22 heavy (non-hydrogen) atoms. The molecule has 0 fully saturated rings. The number of carbonyl (C=O) groups is 2. The number of rotatable bonds is 7. The zero-order valence-electron chi connectivity index (χ0n) is 12.7. The van der Waals surface area contributed by atoms with E-state index in [0.29, 0.717) is 6.42 Å². The molecule has 6 nitrogen and oxygen atoms in total. The Balaban J connectivity index is 2.64. The number of nitriles is 1. The van der Waals surface area contributed by atoms with Crippen LogP contribution < -0.4 is 10.6 Å². The van der Waals surface area contributed by atoms with Crippen molar-refractivity contribution in [2.45, 2.75) is 26.3 Å². The Labute approximate surface area is 130 Å². The van der Waals surface area contributed by atoms with Gasteiger partial charge in [-0.1, -0.05) is 19.9 Å². The summed E-state index contributed by atoms with van der Waals surface area (Å²) < 4.78 is 0. The zero-order chi connectivity index (χ0) is 16.4. The molecule has 6 heteroatoms. The monoisotopic (exact) mass is 300 g/mol. The van der Waals surface area contributed by atoms with Gasteiger partial charge in [-0.2, -0.15) is 5.26 Å². The minimum Gasteiger partial charge on any atom is -0.341 e. The van der Waals surface area contributed by atoms with Gasteiger partial charge in [0.1, 0.15) is 12.6 Å². The van der Waals surface area contributed by atoms with E-state index in [1.807, 2.05) is 26.0 Å². The van der Waals surface area contributed by atoms with Gasteiger partial charge in [-0.25, -0.2) is 0 Å². The van der Waals surface area contributed by atoms with Gasteiger partial charge in [-0.05, 0) is 30.0 Å². The van der Waals surface area contributed by atoms with Crippen LogP contribution in [-0.4, -0.2) is 29.4 Å². The van der Waals surface area contributed by atoms with Crippen LogP contribution in [0.2, 0.25) is 0 Å². The molecule has 0 aliphatic carbocycles. The number of hydrogen-bond acceptors (Lipinski definition) is 4. The highest BCUT2D eigenvalue weighted by atomic mass is 16.2. The van der Waals surface area contributed by atoms with Gasteiger partial charge in [0.05, 0.1) is 6.07 Å². The van der Waals surface area contributed by atoms with E-state index in [9.17, 15) is 9.59 Å². The van der Waals surface area contributed by atoms with E-state index in [0.717, 1.165) is 5.56 Å². The summed E-state index contributed by atoms with van der Waals surface area (Å²) in [4.78, 5) is 27.8. The molecular weight excluding hydrogens is 280 g/mol. The number of nitrogens with zero attached hydrogens (tertiary/aromatic N) is 2. The average molecular weight is 300 g/mol. The maximum atomic E-state index is 11.9. The van der Waals surface area contributed by atoms with E-state index >= 15 is 0 Å². The average Bonchev–Trinajstić information content (AvgIpc) is 2.50. The van der Waals surface area contributed by atoms with Crippen LogP contribution in [-0.2, 0) is 9.59 Å². The number of pyridine rings is 1. The molecule has 2 N–H and O–H groups in total. The molecule has 2 amide bonds. The molecular formula is C16H20N4O2. The summed E-state index contributed by atoms with van der Waals surface area (Å²) in [5, 5.41) is 13.6. The van der Waals surface area contributed by atoms with E-state index in [1.165, 1.54) is 6.08 Å². The van der Waals surface area contributed by atoms with Crippen LogP contribution in [0.5, 0.6) is 0 Å². The Bertz CT molecular complexity index is 561. The van der Waals surface area contributed by atoms with Gasteiger partial charge in [-0.3, -0.25) is 14.6 Å². The third-order valence-electron chi connectivity index (χ3n) is 2.79. The highest BCUT2D eigenvalue weighted by Gasteiger charge is 2.20. The van der Waals surface area contributed by atoms with E-state index < -0.39 is 6.04 Å². The number of amides is 2. The molecule has 0 radical (unpaired) electrons. The van der Waals surface area contributed by atoms with E-state index in [1.54, 1.807) is 24.5 Å². The maximum Gasteiger partial charge on any atom is 0.244 e. The van der Waals surface area contributed by atoms with Crippen molar-refractivity contribution in [1.82, 2.24) is 15.6 Å². The molecule has 1 aromatic rings. The van der Waals surface area contributed by atoms with Crippen molar-refractivity contribution in [1.29, 1.82) is 5.26 Å². The van der Waals surface area contributed by atoms with Crippen molar-refractivity contribution in [3.05, 3.63) is 36.2 Å². The molecule has 0 aliphatic heterocycles. The largest absolute Gasteiger partial charge is 0.341 e. The smallest absolute Gasteiger partial charge is 0.244 e. The highest BCUT2D eigenvalue weighted by molar-refractivity contribution is 5.95. The molecule has 1 heterocycles.